The van der Waals surface area contributed by atoms with Crippen LogP contribution in [0.15, 0.2) is 0 Å². The number of unbranched alkanes of at least 4 members (excludes halogenated alkanes) is 2. The van der Waals surface area contributed by atoms with Crippen molar-refractivity contribution in [2.45, 2.75) is 19.3 Å². The molecule has 0 aromatic heterocycles. The van der Waals surface area contributed by atoms with E-state index in [1.807, 2.05) is 0 Å². The Morgan fingerprint density at radius 2 is 1.75 bits per heavy atom. The van der Waals surface area contributed by atoms with E-state index in [9.17, 15) is 0 Å². The van der Waals surface area contributed by atoms with E-state index in [0.29, 0.717) is 6.54 Å². The molecule has 2 nitrogen and oxygen atoms in total. The Kier molecular flexibility index (Phi) is 17.9. The van der Waals surface area contributed by atoms with E-state index in [1.54, 1.807) is 0 Å². The van der Waals surface area contributed by atoms with E-state index in [-0.39, 0.29) is 58.2 Å². The topological polar surface area (TPSA) is 49.8 Å². The van der Waals surface area contributed by atoms with Crippen LogP contribution in [0.2, 0.25) is 0 Å². The molecule has 0 amide bonds. The molecule has 0 spiro atoms. The van der Waals surface area contributed by atoms with Crippen LogP contribution in [0, 0.1) is 0 Å². The second-order valence-corrected chi connectivity index (χ2v) is 1.60. The normalized spacial score (nSPS) is 8.25. The molecular weight excluding hydrogens is 174 g/mol. The second-order valence-electron chi connectivity index (χ2n) is 1.60. The summed E-state index contributed by atoms with van der Waals surface area (Å²) in [6, 6.07) is 0. The van der Waals surface area contributed by atoms with E-state index in [4.69, 9.17) is 11.5 Å². The first-order valence-electron chi connectivity index (χ1n) is 2.76. The standard InChI is InChI=1S/C5H13N2.Rb/c6-4-2-1-3-5-7;/h6H,1-5,7H2;/q-1;+1. The van der Waals surface area contributed by atoms with Gasteiger partial charge in [-0.15, -0.1) is 0 Å². The summed E-state index contributed by atoms with van der Waals surface area (Å²) in [6.07, 6.45) is 3.22. The van der Waals surface area contributed by atoms with Crippen molar-refractivity contribution in [2.24, 2.45) is 5.73 Å². The zero-order valence-corrected chi connectivity index (χ0v) is 10.5. The Labute approximate surface area is 100 Å². The van der Waals surface area contributed by atoms with E-state index >= 15 is 0 Å². The van der Waals surface area contributed by atoms with Crippen molar-refractivity contribution in [3.05, 3.63) is 5.73 Å². The van der Waals surface area contributed by atoms with Crippen LogP contribution in [-0.4, -0.2) is 13.1 Å². The number of nitrogens with one attached hydrogen (secondary N) is 1. The first-order chi connectivity index (χ1) is 3.41. The first-order valence-corrected chi connectivity index (χ1v) is 2.76. The summed E-state index contributed by atoms with van der Waals surface area (Å²) in [5.41, 5.74) is 11.9. The fraction of sp³-hybridized carbons (Fsp3) is 1.00. The van der Waals surface area contributed by atoms with Gasteiger partial charge in [-0.1, -0.05) is 12.8 Å². The zero-order valence-electron chi connectivity index (χ0n) is 5.61. The van der Waals surface area contributed by atoms with Crippen molar-refractivity contribution in [1.29, 1.82) is 0 Å². The van der Waals surface area contributed by atoms with Crippen LogP contribution in [0.4, 0.5) is 0 Å². The molecule has 8 heavy (non-hydrogen) atoms. The summed E-state index contributed by atoms with van der Waals surface area (Å²) in [5, 5.41) is 0. The minimum Gasteiger partial charge on any atom is -0.677 e. The average Bonchev–Trinajstić information content (AvgIpc) is 1.69. The summed E-state index contributed by atoms with van der Waals surface area (Å²) in [7, 11) is 0. The van der Waals surface area contributed by atoms with Gasteiger partial charge in [0, 0.05) is 0 Å². The van der Waals surface area contributed by atoms with Gasteiger partial charge in [-0.25, -0.2) is 0 Å². The van der Waals surface area contributed by atoms with E-state index in [2.05, 4.69) is 0 Å². The van der Waals surface area contributed by atoms with Crippen LogP contribution in [0.25, 0.3) is 5.73 Å². The molecule has 0 bridgehead atoms. The van der Waals surface area contributed by atoms with E-state index in [0.717, 1.165) is 25.8 Å². The van der Waals surface area contributed by atoms with Gasteiger partial charge in [0.25, 0.3) is 0 Å². The number of hydrogen-bond donors (Lipinski definition) is 1. The molecule has 0 saturated carbocycles. The summed E-state index contributed by atoms with van der Waals surface area (Å²) in [5.74, 6) is 0. The smallest absolute Gasteiger partial charge is 0.677 e. The van der Waals surface area contributed by atoms with Gasteiger partial charge in [0.1, 0.15) is 0 Å². The predicted octanol–water partition coefficient (Wildman–Crippen LogP) is -1.83. The monoisotopic (exact) mass is 186 g/mol. The molecule has 0 radical (unpaired) electrons. The molecule has 0 heterocycles. The van der Waals surface area contributed by atoms with Crippen LogP contribution < -0.4 is 63.9 Å². The van der Waals surface area contributed by atoms with Crippen molar-refractivity contribution < 1.29 is 58.2 Å². The van der Waals surface area contributed by atoms with Crippen molar-refractivity contribution in [3.8, 4) is 0 Å². The molecule has 0 aliphatic carbocycles. The number of nitrogens with two attached hydrogens (primary N) is 1. The third-order valence-electron chi connectivity index (χ3n) is 0.881. The molecule has 0 aliphatic heterocycles. The number of hydrogen-bond acceptors (Lipinski definition) is 1. The summed E-state index contributed by atoms with van der Waals surface area (Å²) in [6.45, 7) is 1.33. The fourth-order valence-corrected chi connectivity index (χ4v) is 0.446. The van der Waals surface area contributed by atoms with Gasteiger partial charge in [0.15, 0.2) is 0 Å². The van der Waals surface area contributed by atoms with Gasteiger partial charge in [-0.3, -0.25) is 0 Å². The van der Waals surface area contributed by atoms with Crippen molar-refractivity contribution >= 4 is 0 Å². The largest absolute Gasteiger partial charge is 1.00 e. The van der Waals surface area contributed by atoms with Gasteiger partial charge in [0.2, 0.25) is 0 Å². The Bertz CT molecular complexity index is 29.6. The Balaban J connectivity index is 0. The minimum absolute atomic E-state index is 0. The molecule has 0 aromatic rings. The Morgan fingerprint density at radius 3 is 2.12 bits per heavy atom. The molecule has 3 heteroatoms. The maximum absolute atomic E-state index is 6.74. The second kappa shape index (κ2) is 11.5. The fourth-order valence-electron chi connectivity index (χ4n) is 0.446. The van der Waals surface area contributed by atoms with Gasteiger partial charge < -0.3 is 11.5 Å². The van der Waals surface area contributed by atoms with Gasteiger partial charge >= 0.3 is 58.2 Å². The third kappa shape index (κ3) is 10.7. The maximum atomic E-state index is 6.74. The first kappa shape index (κ1) is 12.4. The molecule has 0 atom stereocenters. The minimum atomic E-state index is 0. The van der Waals surface area contributed by atoms with Crippen molar-refractivity contribution in [1.82, 2.24) is 0 Å². The number of rotatable bonds is 4. The molecule has 0 aliphatic rings. The molecule has 0 unspecified atom stereocenters. The Morgan fingerprint density at radius 1 is 1.12 bits per heavy atom. The van der Waals surface area contributed by atoms with Gasteiger partial charge in [-0.05, 0) is 13.0 Å². The zero-order chi connectivity index (χ0) is 5.54. The van der Waals surface area contributed by atoms with Crippen molar-refractivity contribution in [2.75, 3.05) is 13.1 Å². The average molecular weight is 187 g/mol. The SMILES string of the molecule is [NH-]CCCCCN.[Rb+]. The van der Waals surface area contributed by atoms with Crippen LogP contribution in [0.5, 0.6) is 0 Å². The van der Waals surface area contributed by atoms with Crippen LogP contribution in [0.1, 0.15) is 19.3 Å². The quantitative estimate of drug-likeness (QED) is 0.516. The maximum Gasteiger partial charge on any atom is 1.00 e. The predicted molar refractivity (Wildman–Crippen MR) is 32.1 cm³/mol. The third-order valence-corrected chi connectivity index (χ3v) is 0.881. The van der Waals surface area contributed by atoms with E-state index < -0.39 is 0 Å². The van der Waals surface area contributed by atoms with Crippen LogP contribution in [0.3, 0.4) is 0 Å². The molecular formula is C5H13N2Rb. The summed E-state index contributed by atoms with van der Waals surface area (Å²) < 4.78 is 0. The molecule has 3 N–H and O–H groups in total. The molecule has 0 aromatic carbocycles. The Hall–Kier alpha value is 1.73. The van der Waals surface area contributed by atoms with E-state index in [1.165, 1.54) is 0 Å². The van der Waals surface area contributed by atoms with Gasteiger partial charge in [0.05, 0.1) is 0 Å². The summed E-state index contributed by atoms with van der Waals surface area (Å²) >= 11 is 0. The molecule has 44 valence electrons. The molecule has 0 saturated heterocycles. The van der Waals surface area contributed by atoms with Crippen LogP contribution in [-0.2, 0) is 0 Å². The van der Waals surface area contributed by atoms with Crippen LogP contribution >= 0.6 is 0 Å². The van der Waals surface area contributed by atoms with Crippen molar-refractivity contribution in [3.63, 3.8) is 0 Å². The molecule has 0 rings (SSSR count). The van der Waals surface area contributed by atoms with Gasteiger partial charge in [-0.2, -0.15) is 6.54 Å². The molecule has 0 fully saturated rings. The summed E-state index contributed by atoms with van der Waals surface area (Å²) in [4.78, 5) is 0.